The summed E-state index contributed by atoms with van der Waals surface area (Å²) in [7, 11) is 0. The van der Waals surface area contributed by atoms with Crippen molar-refractivity contribution in [3.05, 3.63) is 54.6 Å². The summed E-state index contributed by atoms with van der Waals surface area (Å²) in [5.41, 5.74) is 0.645. The van der Waals surface area contributed by atoms with E-state index >= 15 is 0 Å². The molecule has 0 radical (unpaired) electrons. The van der Waals surface area contributed by atoms with Crippen molar-refractivity contribution in [1.82, 2.24) is 0 Å². The van der Waals surface area contributed by atoms with Crippen molar-refractivity contribution >= 4 is 16.3 Å². The van der Waals surface area contributed by atoms with Crippen LogP contribution in [-0.4, -0.2) is 6.18 Å². The Bertz CT molecular complexity index is 582. The van der Waals surface area contributed by atoms with Crippen LogP contribution in [0.5, 0.6) is 0 Å². The van der Waals surface area contributed by atoms with E-state index in [2.05, 4.69) is 6.58 Å². The van der Waals surface area contributed by atoms with Gasteiger partial charge in [-0.05, 0) is 34.9 Å². The van der Waals surface area contributed by atoms with Gasteiger partial charge in [0.15, 0.2) is 0 Å². The van der Waals surface area contributed by atoms with Crippen LogP contribution < -0.4 is 0 Å². The number of hydrogen-bond donors (Lipinski definition) is 0. The maximum absolute atomic E-state index is 12.6. The van der Waals surface area contributed by atoms with E-state index in [9.17, 15) is 13.2 Å². The highest BCUT2D eigenvalue weighted by molar-refractivity contribution is 5.86. The fourth-order valence-corrected chi connectivity index (χ4v) is 1.84. The van der Waals surface area contributed by atoms with E-state index in [1.165, 1.54) is 0 Å². The zero-order valence-electron chi connectivity index (χ0n) is 9.96. The predicted octanol–water partition coefficient (Wildman–Crippen LogP) is 5.05. The Kier molecular flexibility index (Phi) is 3.16. The van der Waals surface area contributed by atoms with Gasteiger partial charge in [0, 0.05) is 0 Å². The average molecular weight is 250 g/mol. The third-order valence-electron chi connectivity index (χ3n) is 3.13. The normalized spacial score (nSPS) is 13.6. The lowest BCUT2D eigenvalue weighted by Gasteiger charge is -2.18. The maximum atomic E-state index is 12.6. The van der Waals surface area contributed by atoms with Crippen molar-refractivity contribution in [3.63, 3.8) is 0 Å². The van der Waals surface area contributed by atoms with E-state index in [1.807, 2.05) is 30.3 Å². The lowest BCUT2D eigenvalue weighted by Crippen LogP contribution is -2.20. The van der Waals surface area contributed by atoms with Crippen LogP contribution in [-0.2, 0) is 0 Å². The quantitative estimate of drug-likeness (QED) is 0.699. The van der Waals surface area contributed by atoms with E-state index in [0.29, 0.717) is 5.56 Å². The first kappa shape index (κ1) is 12.7. The minimum atomic E-state index is -4.25. The molecular formula is C15H13F3. The van der Waals surface area contributed by atoms with E-state index < -0.39 is 12.1 Å². The summed E-state index contributed by atoms with van der Waals surface area (Å²) in [6, 6.07) is 12.8. The van der Waals surface area contributed by atoms with Crippen LogP contribution in [0.4, 0.5) is 13.2 Å². The second kappa shape index (κ2) is 4.48. The van der Waals surface area contributed by atoms with Crippen molar-refractivity contribution in [2.75, 3.05) is 0 Å². The number of hydrogen-bond acceptors (Lipinski definition) is 0. The van der Waals surface area contributed by atoms with Gasteiger partial charge in [-0.1, -0.05) is 43.0 Å². The van der Waals surface area contributed by atoms with E-state index in [4.69, 9.17) is 0 Å². The Labute approximate surface area is 104 Å². The number of benzene rings is 2. The van der Waals surface area contributed by atoms with Gasteiger partial charge in [0.05, 0.1) is 5.92 Å². The predicted molar refractivity (Wildman–Crippen MR) is 68.2 cm³/mol. The Morgan fingerprint density at radius 2 is 1.67 bits per heavy atom. The van der Waals surface area contributed by atoms with Crippen molar-refractivity contribution in [2.45, 2.75) is 13.1 Å². The molecule has 0 saturated heterocycles. The van der Waals surface area contributed by atoms with Gasteiger partial charge in [-0.15, -0.1) is 0 Å². The van der Waals surface area contributed by atoms with Crippen LogP contribution >= 0.6 is 0 Å². The van der Waals surface area contributed by atoms with E-state index in [1.54, 1.807) is 12.1 Å². The Morgan fingerprint density at radius 3 is 2.28 bits per heavy atom. The molecular weight excluding hydrogens is 237 g/mol. The van der Waals surface area contributed by atoms with Crippen LogP contribution in [0.3, 0.4) is 0 Å². The van der Waals surface area contributed by atoms with Crippen LogP contribution in [0, 0.1) is 5.92 Å². The number of alkyl halides is 3. The molecule has 0 aliphatic heterocycles. The molecule has 0 bridgehead atoms. The van der Waals surface area contributed by atoms with Crippen molar-refractivity contribution < 1.29 is 13.2 Å². The van der Waals surface area contributed by atoms with Gasteiger partial charge in [-0.3, -0.25) is 0 Å². The standard InChI is InChI=1S/C15H13F3/c1-10(11(2)15(16,17)18)13-8-7-12-5-3-4-6-14(12)9-13/h3-9,11H,1H2,2H3. The summed E-state index contributed by atoms with van der Waals surface area (Å²) in [6.07, 6.45) is -4.25. The monoisotopic (exact) mass is 250 g/mol. The highest BCUT2D eigenvalue weighted by Gasteiger charge is 2.37. The molecule has 0 aromatic heterocycles. The molecule has 94 valence electrons. The van der Waals surface area contributed by atoms with Crippen LogP contribution in [0.15, 0.2) is 49.0 Å². The Balaban J connectivity index is 2.40. The summed E-state index contributed by atoms with van der Waals surface area (Å²) in [6.45, 7) is 4.71. The molecule has 2 rings (SSSR count). The molecule has 18 heavy (non-hydrogen) atoms. The number of halogens is 3. The topological polar surface area (TPSA) is 0 Å². The summed E-state index contributed by atoms with van der Waals surface area (Å²) in [5.74, 6) is -1.53. The molecule has 3 heteroatoms. The molecule has 0 saturated carbocycles. The van der Waals surface area contributed by atoms with Gasteiger partial charge < -0.3 is 0 Å². The minimum absolute atomic E-state index is 0.105. The fraction of sp³-hybridized carbons (Fsp3) is 0.200. The lowest BCUT2D eigenvalue weighted by atomic mass is 9.93. The van der Waals surface area contributed by atoms with Crippen molar-refractivity contribution in [3.8, 4) is 0 Å². The van der Waals surface area contributed by atoms with Gasteiger partial charge in [-0.25, -0.2) is 0 Å². The smallest absolute Gasteiger partial charge is 0.170 e. The number of rotatable bonds is 2. The van der Waals surface area contributed by atoms with Crippen LogP contribution in [0.1, 0.15) is 12.5 Å². The first-order chi connectivity index (χ1) is 8.39. The van der Waals surface area contributed by atoms with Gasteiger partial charge >= 0.3 is 6.18 Å². The molecule has 0 nitrogen and oxygen atoms in total. The molecule has 2 aromatic rings. The van der Waals surface area contributed by atoms with Crippen molar-refractivity contribution in [1.29, 1.82) is 0 Å². The second-order valence-electron chi connectivity index (χ2n) is 4.35. The molecule has 1 atom stereocenters. The Morgan fingerprint density at radius 1 is 1.06 bits per heavy atom. The van der Waals surface area contributed by atoms with Gasteiger partial charge in [-0.2, -0.15) is 13.2 Å². The molecule has 1 unspecified atom stereocenters. The fourth-order valence-electron chi connectivity index (χ4n) is 1.84. The van der Waals surface area contributed by atoms with Gasteiger partial charge in [0.1, 0.15) is 0 Å². The molecule has 0 fully saturated rings. The molecule has 0 heterocycles. The van der Waals surface area contributed by atoms with Gasteiger partial charge in [0.2, 0.25) is 0 Å². The zero-order valence-corrected chi connectivity index (χ0v) is 9.96. The maximum Gasteiger partial charge on any atom is 0.395 e. The number of allylic oxidation sites excluding steroid dienone is 1. The average Bonchev–Trinajstić information content (AvgIpc) is 2.35. The largest absolute Gasteiger partial charge is 0.395 e. The highest BCUT2D eigenvalue weighted by Crippen LogP contribution is 2.36. The summed E-state index contributed by atoms with van der Waals surface area (Å²) in [5, 5.41) is 1.93. The van der Waals surface area contributed by atoms with Crippen molar-refractivity contribution in [2.24, 2.45) is 5.92 Å². The number of fused-ring (bicyclic) bond motifs is 1. The molecule has 0 aliphatic rings. The zero-order chi connectivity index (χ0) is 13.3. The lowest BCUT2D eigenvalue weighted by molar-refractivity contribution is -0.153. The Hall–Kier alpha value is -1.77. The molecule has 0 aliphatic carbocycles. The first-order valence-corrected chi connectivity index (χ1v) is 5.64. The molecule has 0 amide bonds. The van der Waals surface area contributed by atoms with Crippen LogP contribution in [0.25, 0.3) is 16.3 Å². The van der Waals surface area contributed by atoms with E-state index in [0.717, 1.165) is 17.7 Å². The van der Waals surface area contributed by atoms with Gasteiger partial charge in [0.25, 0.3) is 0 Å². The molecule has 0 N–H and O–H groups in total. The second-order valence-corrected chi connectivity index (χ2v) is 4.35. The first-order valence-electron chi connectivity index (χ1n) is 5.64. The summed E-state index contributed by atoms with van der Waals surface area (Å²) in [4.78, 5) is 0. The SMILES string of the molecule is C=C(c1ccc2ccccc2c1)C(C)C(F)(F)F. The third kappa shape index (κ3) is 2.40. The summed E-state index contributed by atoms with van der Waals surface area (Å²) < 4.78 is 37.9. The molecule has 2 aromatic carbocycles. The van der Waals surface area contributed by atoms with Crippen LogP contribution in [0.2, 0.25) is 0 Å². The van der Waals surface area contributed by atoms with E-state index in [-0.39, 0.29) is 5.57 Å². The third-order valence-corrected chi connectivity index (χ3v) is 3.13. The minimum Gasteiger partial charge on any atom is -0.170 e. The molecule has 0 spiro atoms. The highest BCUT2D eigenvalue weighted by atomic mass is 19.4. The summed E-state index contributed by atoms with van der Waals surface area (Å²) >= 11 is 0.